The van der Waals surface area contributed by atoms with Crippen LogP contribution in [-0.4, -0.2) is 0 Å². The van der Waals surface area contributed by atoms with E-state index in [0.717, 1.165) is 5.92 Å². The number of rotatable bonds is 6. The van der Waals surface area contributed by atoms with Crippen LogP contribution in [0, 0.1) is 12.8 Å². The fourth-order valence-corrected chi connectivity index (χ4v) is 2.33. The van der Waals surface area contributed by atoms with E-state index in [0.29, 0.717) is 0 Å². The fourth-order valence-electron chi connectivity index (χ4n) is 2.33. The first kappa shape index (κ1) is 11.5. The molecule has 0 spiro atoms. The van der Waals surface area contributed by atoms with Crippen LogP contribution in [0.2, 0.25) is 0 Å². The average molecular weight is 214 g/mol. The second-order valence-electron chi connectivity index (χ2n) is 5.20. The lowest BCUT2D eigenvalue weighted by Gasteiger charge is -2.10. The van der Waals surface area contributed by atoms with Crippen LogP contribution in [0.3, 0.4) is 0 Å². The minimum absolute atomic E-state index is 0.871. The van der Waals surface area contributed by atoms with E-state index < -0.39 is 0 Å². The molecule has 0 aliphatic heterocycles. The van der Waals surface area contributed by atoms with E-state index in [2.05, 4.69) is 38.6 Å². The molecule has 2 rings (SSSR count). The molecule has 0 radical (unpaired) electrons. The third kappa shape index (κ3) is 2.57. The lowest BCUT2D eigenvalue weighted by molar-refractivity contribution is 0.471. The van der Waals surface area contributed by atoms with Crippen molar-refractivity contribution in [2.45, 2.75) is 52.9 Å². The maximum atomic E-state index is 3.39. The summed E-state index contributed by atoms with van der Waals surface area (Å²) < 4.78 is 0. The van der Waals surface area contributed by atoms with Crippen molar-refractivity contribution in [1.82, 2.24) is 0 Å². The highest BCUT2D eigenvalue weighted by Gasteiger charge is 2.08. The molecule has 1 aromatic carbocycles. The molecule has 0 aromatic heterocycles. The smallest absolute Gasteiger partial charge is 0.0356 e. The standard InChI is InChI=1S/C16H22/c1-4-5-6-12(2)7-9-14-10-8-13(3)15-11-16(14)15/h8,10,12H,4-7,9H2,1-3H3. The van der Waals surface area contributed by atoms with Crippen molar-refractivity contribution in [3.8, 4) is 0 Å². The number of benzene rings is 1. The Kier molecular flexibility index (Phi) is 3.51. The Morgan fingerprint density at radius 1 is 1.19 bits per heavy atom. The summed E-state index contributed by atoms with van der Waals surface area (Å²) in [6.45, 7) is 6.83. The Morgan fingerprint density at radius 2 is 2.00 bits per heavy atom. The first-order valence-electron chi connectivity index (χ1n) is 6.62. The van der Waals surface area contributed by atoms with Crippen molar-refractivity contribution in [2.75, 3.05) is 0 Å². The lowest BCUT2D eigenvalue weighted by atomic mass is 9.96. The number of hydrogen-bond acceptors (Lipinski definition) is 0. The SMILES string of the molecule is CCCCC(C)CCc1ccc(C)c2c1=C=2. The van der Waals surface area contributed by atoms with E-state index in [1.54, 1.807) is 0 Å². The van der Waals surface area contributed by atoms with Crippen molar-refractivity contribution in [3.05, 3.63) is 33.7 Å². The zero-order valence-corrected chi connectivity index (χ0v) is 10.8. The molecule has 1 aliphatic rings. The van der Waals surface area contributed by atoms with E-state index in [4.69, 9.17) is 0 Å². The van der Waals surface area contributed by atoms with Gasteiger partial charge in [0.05, 0.1) is 0 Å². The molecule has 0 saturated carbocycles. The highest BCUT2D eigenvalue weighted by atomic mass is 14.1. The first-order chi connectivity index (χ1) is 7.72. The summed E-state index contributed by atoms with van der Waals surface area (Å²) in [5, 5.41) is 2.81. The Balaban J connectivity index is 1.86. The zero-order valence-electron chi connectivity index (χ0n) is 10.8. The lowest BCUT2D eigenvalue weighted by Crippen LogP contribution is -2.16. The molecular formula is C16H22. The van der Waals surface area contributed by atoms with Crippen LogP contribution < -0.4 is 10.4 Å². The van der Waals surface area contributed by atoms with Crippen LogP contribution in [0.15, 0.2) is 12.1 Å². The third-order valence-electron chi connectivity index (χ3n) is 3.64. The molecule has 0 saturated heterocycles. The molecule has 0 nitrogen and oxygen atoms in total. The molecule has 0 fully saturated rings. The second kappa shape index (κ2) is 4.89. The number of hydrogen-bond donors (Lipinski definition) is 0. The van der Waals surface area contributed by atoms with E-state index in [1.807, 2.05) is 0 Å². The van der Waals surface area contributed by atoms with Gasteiger partial charge in [0.1, 0.15) is 0 Å². The van der Waals surface area contributed by atoms with Crippen molar-refractivity contribution >= 4 is 5.73 Å². The summed E-state index contributed by atoms with van der Waals surface area (Å²) in [6.07, 6.45) is 6.66. The van der Waals surface area contributed by atoms with Gasteiger partial charge in [-0.25, -0.2) is 0 Å². The molecule has 1 aliphatic carbocycles. The van der Waals surface area contributed by atoms with Crippen molar-refractivity contribution in [3.63, 3.8) is 0 Å². The second-order valence-corrected chi connectivity index (χ2v) is 5.20. The van der Waals surface area contributed by atoms with Gasteiger partial charge < -0.3 is 0 Å². The summed E-state index contributed by atoms with van der Waals surface area (Å²) in [5.41, 5.74) is 6.30. The maximum absolute atomic E-state index is 3.39. The largest absolute Gasteiger partial charge is 0.102 e. The summed E-state index contributed by atoms with van der Waals surface area (Å²) in [5.74, 6) is 0.871. The zero-order chi connectivity index (χ0) is 11.5. The van der Waals surface area contributed by atoms with Crippen molar-refractivity contribution in [1.29, 1.82) is 0 Å². The monoisotopic (exact) mass is 214 g/mol. The summed E-state index contributed by atoms with van der Waals surface area (Å²) >= 11 is 0. The molecule has 86 valence electrons. The van der Waals surface area contributed by atoms with Gasteiger partial charge in [-0.2, -0.15) is 0 Å². The molecule has 1 aromatic rings. The molecule has 0 heterocycles. The van der Waals surface area contributed by atoms with Crippen LogP contribution in [0.1, 0.15) is 50.7 Å². The number of fused-ring (bicyclic) bond motifs is 1. The quantitative estimate of drug-likeness (QED) is 0.693. The summed E-state index contributed by atoms with van der Waals surface area (Å²) in [4.78, 5) is 0. The Morgan fingerprint density at radius 3 is 2.75 bits per heavy atom. The third-order valence-corrected chi connectivity index (χ3v) is 3.64. The van der Waals surface area contributed by atoms with Gasteiger partial charge >= 0.3 is 0 Å². The highest BCUT2D eigenvalue weighted by Crippen LogP contribution is 2.14. The Hall–Kier alpha value is -1.00. The predicted octanol–water partition coefficient (Wildman–Crippen LogP) is 2.82. The van der Waals surface area contributed by atoms with Crippen LogP contribution in [0.5, 0.6) is 0 Å². The van der Waals surface area contributed by atoms with Gasteiger partial charge in [0.25, 0.3) is 0 Å². The van der Waals surface area contributed by atoms with Crippen molar-refractivity contribution < 1.29 is 0 Å². The summed E-state index contributed by atoms with van der Waals surface area (Å²) in [7, 11) is 0. The topological polar surface area (TPSA) is 0 Å². The molecule has 0 N–H and O–H groups in total. The van der Waals surface area contributed by atoms with E-state index in [1.165, 1.54) is 53.7 Å². The fraction of sp³-hybridized carbons (Fsp3) is 0.562. The van der Waals surface area contributed by atoms with E-state index in [9.17, 15) is 0 Å². The van der Waals surface area contributed by atoms with Crippen LogP contribution in [-0.2, 0) is 6.42 Å². The van der Waals surface area contributed by atoms with Gasteiger partial charge in [0.2, 0.25) is 0 Å². The van der Waals surface area contributed by atoms with Crippen LogP contribution >= 0.6 is 0 Å². The van der Waals surface area contributed by atoms with Crippen LogP contribution in [0.4, 0.5) is 0 Å². The molecule has 16 heavy (non-hydrogen) atoms. The number of aryl methyl sites for hydroxylation is 2. The number of unbranched alkanes of at least 4 members (excludes halogenated alkanes) is 1. The molecule has 0 bridgehead atoms. The van der Waals surface area contributed by atoms with Gasteiger partial charge in [0, 0.05) is 10.4 Å². The highest BCUT2D eigenvalue weighted by molar-refractivity contribution is 5.46. The molecule has 0 amide bonds. The molecular weight excluding hydrogens is 192 g/mol. The predicted molar refractivity (Wildman–Crippen MR) is 70.0 cm³/mol. The van der Waals surface area contributed by atoms with Gasteiger partial charge in [-0.1, -0.05) is 45.2 Å². The molecule has 1 unspecified atom stereocenters. The minimum atomic E-state index is 0.871. The van der Waals surface area contributed by atoms with Gasteiger partial charge in [0.15, 0.2) is 0 Å². The maximum Gasteiger partial charge on any atom is 0.0356 e. The van der Waals surface area contributed by atoms with E-state index >= 15 is 0 Å². The van der Waals surface area contributed by atoms with E-state index in [-0.39, 0.29) is 0 Å². The first-order valence-corrected chi connectivity index (χ1v) is 6.62. The molecule has 0 heteroatoms. The summed E-state index contributed by atoms with van der Waals surface area (Å²) in [6, 6.07) is 4.53. The average Bonchev–Trinajstić information content (AvgIpc) is 3.06. The van der Waals surface area contributed by atoms with Crippen molar-refractivity contribution in [2.24, 2.45) is 5.92 Å². The minimum Gasteiger partial charge on any atom is -0.102 e. The Bertz CT molecular complexity index is 490. The van der Waals surface area contributed by atoms with Gasteiger partial charge in [-0.3, -0.25) is 0 Å². The molecule has 1 atom stereocenters. The van der Waals surface area contributed by atoms with Gasteiger partial charge in [-0.15, -0.1) is 5.73 Å². The van der Waals surface area contributed by atoms with Crippen LogP contribution in [0.25, 0.3) is 5.73 Å². The van der Waals surface area contributed by atoms with Gasteiger partial charge in [-0.05, 0) is 36.8 Å². The normalized spacial score (nSPS) is 13.7. The Labute approximate surface area is 98.7 Å².